The van der Waals surface area contributed by atoms with E-state index in [-0.39, 0.29) is 18.4 Å². The molecule has 3 N–H and O–H groups in total. The largest absolute Gasteiger partial charge is 0.481 e. The van der Waals surface area contributed by atoms with Crippen LogP contribution in [0.15, 0.2) is 0 Å². The Labute approximate surface area is 120 Å². The number of hydrogen-bond donors (Lipinski definition) is 3. The molecule has 0 radical (unpaired) electrons. The Kier molecular flexibility index (Phi) is 8.02. The third-order valence-corrected chi connectivity index (χ3v) is 3.73. The van der Waals surface area contributed by atoms with Crippen molar-refractivity contribution in [2.45, 2.75) is 39.0 Å². The normalized spacial score (nSPS) is 16.9. The minimum atomic E-state index is -0.815. The lowest BCUT2D eigenvalue weighted by Crippen LogP contribution is -2.39. The summed E-state index contributed by atoms with van der Waals surface area (Å²) in [4.78, 5) is 24.6. The molecule has 1 atom stereocenters. The first-order valence-electron chi connectivity index (χ1n) is 7.57. The van der Waals surface area contributed by atoms with Gasteiger partial charge < -0.3 is 20.6 Å². The molecule has 0 saturated carbocycles. The number of hydrogen-bond acceptors (Lipinski definition) is 3. The van der Waals surface area contributed by atoms with E-state index in [1.54, 1.807) is 0 Å². The Balaban J connectivity index is 2.02. The number of carboxylic acid groups (broad SMARTS) is 1. The highest BCUT2D eigenvalue weighted by atomic mass is 16.4. The molecule has 1 aliphatic rings. The van der Waals surface area contributed by atoms with Crippen LogP contribution < -0.4 is 10.6 Å². The van der Waals surface area contributed by atoms with Gasteiger partial charge in [0.2, 0.25) is 0 Å². The lowest BCUT2D eigenvalue weighted by Gasteiger charge is -2.16. The van der Waals surface area contributed by atoms with Crippen molar-refractivity contribution in [3.63, 3.8) is 0 Å². The van der Waals surface area contributed by atoms with Gasteiger partial charge in [-0.1, -0.05) is 13.3 Å². The van der Waals surface area contributed by atoms with Crippen molar-refractivity contribution in [3.05, 3.63) is 0 Å². The number of urea groups is 1. The van der Waals surface area contributed by atoms with Gasteiger partial charge >= 0.3 is 12.0 Å². The molecule has 2 amide bonds. The first-order valence-corrected chi connectivity index (χ1v) is 7.57. The number of rotatable bonds is 9. The number of amides is 2. The number of nitrogens with zero attached hydrogens (tertiary/aromatic N) is 1. The Bertz CT molecular complexity index is 304. The van der Waals surface area contributed by atoms with E-state index in [0.29, 0.717) is 13.1 Å². The summed E-state index contributed by atoms with van der Waals surface area (Å²) in [7, 11) is 0. The maximum Gasteiger partial charge on any atom is 0.314 e. The molecule has 1 aliphatic heterocycles. The van der Waals surface area contributed by atoms with E-state index in [1.165, 1.54) is 25.9 Å². The van der Waals surface area contributed by atoms with Crippen LogP contribution in [0.3, 0.4) is 0 Å². The molecule has 0 bridgehead atoms. The standard InChI is InChI=1S/C14H27N3O3/c1-2-12(10-13(18)19)11-16-14(20)15-6-5-9-17-7-3-4-8-17/h12H,2-11H2,1H3,(H,18,19)(H2,15,16,20). The fraction of sp³-hybridized carbons (Fsp3) is 0.857. The van der Waals surface area contributed by atoms with Gasteiger partial charge in [0, 0.05) is 19.5 Å². The third-order valence-electron chi connectivity index (χ3n) is 3.73. The van der Waals surface area contributed by atoms with Gasteiger partial charge in [-0.15, -0.1) is 0 Å². The summed E-state index contributed by atoms with van der Waals surface area (Å²) in [6.07, 6.45) is 4.39. The van der Waals surface area contributed by atoms with E-state index in [4.69, 9.17) is 5.11 Å². The summed E-state index contributed by atoms with van der Waals surface area (Å²) in [6.45, 7) is 6.41. The second kappa shape index (κ2) is 9.58. The van der Waals surface area contributed by atoms with Gasteiger partial charge in [0.15, 0.2) is 0 Å². The fourth-order valence-corrected chi connectivity index (χ4v) is 2.42. The molecular weight excluding hydrogens is 258 g/mol. The molecule has 1 saturated heterocycles. The number of carbonyl (C=O) groups excluding carboxylic acids is 1. The second-order valence-corrected chi connectivity index (χ2v) is 5.41. The Morgan fingerprint density at radius 2 is 1.95 bits per heavy atom. The van der Waals surface area contributed by atoms with Crippen LogP contribution in [-0.4, -0.2) is 54.7 Å². The first kappa shape index (κ1) is 16.8. The molecule has 0 aromatic heterocycles. The molecule has 0 spiro atoms. The van der Waals surface area contributed by atoms with Crippen LogP contribution in [0.2, 0.25) is 0 Å². The van der Waals surface area contributed by atoms with Crippen molar-refractivity contribution < 1.29 is 14.7 Å². The Morgan fingerprint density at radius 1 is 1.25 bits per heavy atom. The van der Waals surface area contributed by atoms with Crippen LogP contribution in [0.1, 0.15) is 39.0 Å². The Morgan fingerprint density at radius 3 is 2.55 bits per heavy atom. The molecule has 0 aromatic carbocycles. The van der Waals surface area contributed by atoms with Gasteiger partial charge in [-0.25, -0.2) is 4.79 Å². The summed E-state index contributed by atoms with van der Waals surface area (Å²) in [5.74, 6) is -0.812. The fourth-order valence-electron chi connectivity index (χ4n) is 2.42. The average molecular weight is 285 g/mol. The average Bonchev–Trinajstić information content (AvgIpc) is 2.92. The topological polar surface area (TPSA) is 81.7 Å². The summed E-state index contributed by atoms with van der Waals surface area (Å²) in [5, 5.41) is 14.3. The van der Waals surface area contributed by atoms with Crippen LogP contribution >= 0.6 is 0 Å². The van der Waals surface area contributed by atoms with E-state index in [1.807, 2.05) is 6.92 Å². The van der Waals surface area contributed by atoms with E-state index in [0.717, 1.165) is 19.4 Å². The first-order chi connectivity index (χ1) is 9.61. The van der Waals surface area contributed by atoms with Crippen LogP contribution in [0.5, 0.6) is 0 Å². The monoisotopic (exact) mass is 285 g/mol. The van der Waals surface area contributed by atoms with Gasteiger partial charge in [0.1, 0.15) is 0 Å². The maximum absolute atomic E-state index is 11.6. The van der Waals surface area contributed by atoms with Crippen LogP contribution in [0.25, 0.3) is 0 Å². The van der Waals surface area contributed by atoms with Crippen LogP contribution in [-0.2, 0) is 4.79 Å². The van der Waals surface area contributed by atoms with Crippen molar-refractivity contribution >= 4 is 12.0 Å². The SMILES string of the molecule is CCC(CNC(=O)NCCCN1CCCC1)CC(=O)O. The van der Waals surface area contributed by atoms with Gasteiger partial charge in [-0.3, -0.25) is 4.79 Å². The van der Waals surface area contributed by atoms with Gasteiger partial charge in [-0.05, 0) is 44.8 Å². The summed E-state index contributed by atoms with van der Waals surface area (Å²) < 4.78 is 0. The molecule has 20 heavy (non-hydrogen) atoms. The number of carboxylic acids is 1. The number of aliphatic carboxylic acids is 1. The quantitative estimate of drug-likeness (QED) is 0.557. The predicted molar refractivity (Wildman–Crippen MR) is 77.7 cm³/mol. The van der Waals surface area contributed by atoms with E-state index < -0.39 is 5.97 Å². The van der Waals surface area contributed by atoms with E-state index in [9.17, 15) is 9.59 Å². The van der Waals surface area contributed by atoms with Gasteiger partial charge in [-0.2, -0.15) is 0 Å². The molecule has 0 aliphatic carbocycles. The van der Waals surface area contributed by atoms with E-state index >= 15 is 0 Å². The molecule has 6 nitrogen and oxygen atoms in total. The Hall–Kier alpha value is -1.30. The molecule has 1 rings (SSSR count). The zero-order chi connectivity index (χ0) is 14.8. The molecule has 0 aromatic rings. The lowest BCUT2D eigenvalue weighted by molar-refractivity contribution is -0.138. The lowest BCUT2D eigenvalue weighted by atomic mass is 10.0. The molecule has 1 fully saturated rings. The number of carbonyl (C=O) groups is 2. The second-order valence-electron chi connectivity index (χ2n) is 5.41. The van der Waals surface area contributed by atoms with E-state index in [2.05, 4.69) is 15.5 Å². The summed E-state index contributed by atoms with van der Waals surface area (Å²) in [5.41, 5.74) is 0. The highest BCUT2D eigenvalue weighted by Crippen LogP contribution is 2.07. The highest BCUT2D eigenvalue weighted by Gasteiger charge is 2.13. The third kappa shape index (κ3) is 7.33. The minimum Gasteiger partial charge on any atom is -0.481 e. The van der Waals surface area contributed by atoms with Crippen LogP contribution in [0, 0.1) is 5.92 Å². The van der Waals surface area contributed by atoms with Crippen LogP contribution in [0.4, 0.5) is 4.79 Å². The molecular formula is C14H27N3O3. The smallest absolute Gasteiger partial charge is 0.314 e. The molecule has 6 heteroatoms. The number of nitrogens with one attached hydrogen (secondary N) is 2. The molecule has 116 valence electrons. The van der Waals surface area contributed by atoms with Crippen molar-refractivity contribution in [2.24, 2.45) is 5.92 Å². The van der Waals surface area contributed by atoms with Crippen molar-refractivity contribution in [2.75, 3.05) is 32.7 Å². The predicted octanol–water partition coefficient (Wildman–Crippen LogP) is 1.27. The molecule has 1 heterocycles. The van der Waals surface area contributed by atoms with Gasteiger partial charge in [0.05, 0.1) is 0 Å². The highest BCUT2D eigenvalue weighted by molar-refractivity contribution is 5.74. The summed E-state index contributed by atoms with van der Waals surface area (Å²) >= 11 is 0. The zero-order valence-corrected chi connectivity index (χ0v) is 12.4. The van der Waals surface area contributed by atoms with Crippen molar-refractivity contribution in [3.8, 4) is 0 Å². The maximum atomic E-state index is 11.6. The number of likely N-dealkylation sites (tertiary alicyclic amines) is 1. The summed E-state index contributed by atoms with van der Waals surface area (Å²) in [6, 6.07) is -0.199. The zero-order valence-electron chi connectivity index (χ0n) is 12.4. The molecule has 1 unspecified atom stereocenters. The van der Waals surface area contributed by atoms with Crippen molar-refractivity contribution in [1.29, 1.82) is 0 Å². The minimum absolute atomic E-state index is 0.00264. The van der Waals surface area contributed by atoms with Gasteiger partial charge in [0.25, 0.3) is 0 Å². The van der Waals surface area contributed by atoms with Crippen molar-refractivity contribution in [1.82, 2.24) is 15.5 Å².